The summed E-state index contributed by atoms with van der Waals surface area (Å²) >= 11 is 0. The highest BCUT2D eigenvalue weighted by Crippen LogP contribution is 2.58. The van der Waals surface area contributed by atoms with Crippen molar-refractivity contribution in [1.82, 2.24) is 24.1 Å². The Kier molecular flexibility index (Phi) is 4.23. The number of fused-ring (bicyclic) bond motifs is 2. The number of carbonyl (C=O) groups excluding carboxylic acids is 1. The van der Waals surface area contributed by atoms with Crippen LogP contribution in [0.5, 0.6) is 5.88 Å². The summed E-state index contributed by atoms with van der Waals surface area (Å²) in [7, 11) is 0. The second-order valence-electron chi connectivity index (χ2n) is 10.0. The van der Waals surface area contributed by atoms with E-state index in [2.05, 4.69) is 22.3 Å². The number of amides is 1. The van der Waals surface area contributed by atoms with Crippen LogP contribution in [0.25, 0.3) is 5.78 Å². The molecular weight excluding hydrogens is 424 g/mol. The Balaban J connectivity index is 1.36. The van der Waals surface area contributed by atoms with Crippen LogP contribution in [-0.4, -0.2) is 48.4 Å². The third-order valence-electron chi connectivity index (χ3n) is 6.68. The molecule has 0 radical (unpaired) electrons. The Morgan fingerprint density at radius 2 is 2.06 bits per heavy atom. The molecule has 33 heavy (non-hydrogen) atoms. The number of hydrogen-bond donors (Lipinski definition) is 1. The summed E-state index contributed by atoms with van der Waals surface area (Å²) in [6.07, 6.45) is 8.63. The number of aromatic nitrogens is 5. The van der Waals surface area contributed by atoms with Crippen LogP contribution >= 0.6 is 0 Å². The van der Waals surface area contributed by atoms with E-state index in [9.17, 15) is 9.59 Å². The zero-order valence-electron chi connectivity index (χ0n) is 18.9. The first-order valence-electron chi connectivity index (χ1n) is 11.4. The number of imidazole rings is 1. The Morgan fingerprint density at radius 3 is 2.73 bits per heavy atom. The number of nitrogens with one attached hydrogen (secondary N) is 1. The van der Waals surface area contributed by atoms with Crippen molar-refractivity contribution in [2.24, 2.45) is 0 Å². The summed E-state index contributed by atoms with van der Waals surface area (Å²) in [6, 6.07) is 1.62. The van der Waals surface area contributed by atoms with Crippen LogP contribution in [0.4, 0.5) is 5.69 Å². The molecule has 172 valence electrons. The summed E-state index contributed by atoms with van der Waals surface area (Å²) in [5.41, 5.74) is 0.867. The quantitative estimate of drug-likeness (QED) is 0.614. The molecule has 4 aliphatic rings. The van der Waals surface area contributed by atoms with E-state index in [1.54, 1.807) is 10.6 Å². The number of hydrogen-bond acceptors (Lipinski definition) is 7. The minimum atomic E-state index is -0.473. The van der Waals surface area contributed by atoms with Crippen LogP contribution in [0.15, 0.2) is 29.5 Å². The van der Waals surface area contributed by atoms with Gasteiger partial charge in [-0.2, -0.15) is 10.1 Å². The van der Waals surface area contributed by atoms with E-state index in [0.717, 1.165) is 31.4 Å². The van der Waals surface area contributed by atoms with Gasteiger partial charge in [0.1, 0.15) is 11.3 Å². The molecule has 2 bridgehead atoms. The zero-order chi connectivity index (χ0) is 23.0. The molecule has 10 heteroatoms. The summed E-state index contributed by atoms with van der Waals surface area (Å²) in [5, 5.41) is 6.85. The number of carbonyl (C=O) groups is 1. The normalized spacial score (nSPS) is 25.9. The Morgan fingerprint density at radius 1 is 1.27 bits per heavy atom. The highest BCUT2D eigenvalue weighted by atomic mass is 16.5. The van der Waals surface area contributed by atoms with Crippen molar-refractivity contribution in [2.75, 3.05) is 11.9 Å². The molecule has 0 aromatic carbocycles. The molecular formula is C23H26N6O4. The standard InChI is InChI=1S/C23H26N6O4/c1-13(2)33-19-15(18(30)25-16-6-7-24-29(20(16)31)14-4-5-14)8-28-9-17(26-21(28)27-19)23-10-22(3,11-23)32-12-23/h6-9,13-14H,4-5,10-12H2,1-3H3,(H,25,30). The van der Waals surface area contributed by atoms with Crippen LogP contribution in [0.2, 0.25) is 0 Å². The SMILES string of the molecule is CC(C)Oc1nc2nc(C34COC(C)(C3)C4)cn2cc1C(=O)Nc1ccnn(C2CC2)c1=O. The molecule has 7 rings (SSSR count). The van der Waals surface area contributed by atoms with E-state index in [0.29, 0.717) is 12.4 Å². The molecule has 5 heterocycles. The molecule has 4 fully saturated rings. The van der Waals surface area contributed by atoms with Crippen molar-refractivity contribution < 1.29 is 14.3 Å². The second-order valence-corrected chi connectivity index (χ2v) is 10.0. The topological polar surface area (TPSA) is 113 Å². The van der Waals surface area contributed by atoms with E-state index in [1.807, 2.05) is 20.0 Å². The maximum absolute atomic E-state index is 13.2. The van der Waals surface area contributed by atoms with Gasteiger partial charge < -0.3 is 14.8 Å². The molecule has 2 aliphatic carbocycles. The first kappa shape index (κ1) is 20.3. The van der Waals surface area contributed by atoms with Gasteiger partial charge in [0.25, 0.3) is 11.5 Å². The molecule has 2 saturated carbocycles. The average molecular weight is 450 g/mol. The largest absolute Gasteiger partial charge is 0.474 e. The predicted octanol–water partition coefficient (Wildman–Crippen LogP) is 2.48. The lowest BCUT2D eigenvalue weighted by molar-refractivity contribution is 0.0154. The first-order chi connectivity index (χ1) is 15.8. The van der Waals surface area contributed by atoms with Gasteiger partial charge in [0.05, 0.1) is 30.0 Å². The molecule has 0 unspecified atom stereocenters. The third kappa shape index (κ3) is 3.31. The van der Waals surface area contributed by atoms with Gasteiger partial charge in [-0.1, -0.05) is 0 Å². The lowest BCUT2D eigenvalue weighted by Crippen LogP contribution is -2.45. The monoisotopic (exact) mass is 450 g/mol. The molecule has 0 spiro atoms. The fraction of sp³-hybridized carbons (Fsp3) is 0.522. The number of anilines is 1. The number of nitrogens with zero attached hydrogens (tertiary/aromatic N) is 5. The van der Waals surface area contributed by atoms with Crippen LogP contribution in [0.1, 0.15) is 68.5 Å². The third-order valence-corrected chi connectivity index (χ3v) is 6.68. The molecule has 3 aromatic heterocycles. The zero-order valence-corrected chi connectivity index (χ0v) is 18.9. The lowest BCUT2D eigenvalue weighted by Gasteiger charge is -2.41. The Hall–Kier alpha value is -3.27. The lowest BCUT2D eigenvalue weighted by atomic mass is 9.62. The van der Waals surface area contributed by atoms with Crippen molar-refractivity contribution in [1.29, 1.82) is 0 Å². The highest BCUT2D eigenvalue weighted by molar-refractivity contribution is 6.05. The van der Waals surface area contributed by atoms with Crippen molar-refractivity contribution in [3.8, 4) is 5.88 Å². The van der Waals surface area contributed by atoms with Crippen LogP contribution < -0.4 is 15.6 Å². The number of ether oxygens (including phenoxy) is 2. The maximum atomic E-state index is 13.2. The Bertz CT molecular complexity index is 1330. The van der Waals surface area contributed by atoms with E-state index < -0.39 is 5.91 Å². The highest BCUT2D eigenvalue weighted by Gasteiger charge is 2.61. The maximum Gasteiger partial charge on any atom is 0.290 e. The molecule has 2 aliphatic heterocycles. The minimum absolute atomic E-state index is 0.0574. The average Bonchev–Trinajstić information content (AvgIpc) is 3.28. The minimum Gasteiger partial charge on any atom is -0.474 e. The van der Waals surface area contributed by atoms with Gasteiger partial charge in [-0.15, -0.1) is 0 Å². The summed E-state index contributed by atoms with van der Waals surface area (Å²) in [4.78, 5) is 35.2. The van der Waals surface area contributed by atoms with Crippen molar-refractivity contribution >= 4 is 17.4 Å². The summed E-state index contributed by atoms with van der Waals surface area (Å²) in [6.45, 7) is 6.50. The molecule has 10 nitrogen and oxygen atoms in total. The van der Waals surface area contributed by atoms with Gasteiger partial charge in [-0.3, -0.25) is 14.0 Å². The van der Waals surface area contributed by atoms with E-state index >= 15 is 0 Å². The van der Waals surface area contributed by atoms with Gasteiger partial charge in [-0.25, -0.2) is 9.67 Å². The molecule has 1 amide bonds. The van der Waals surface area contributed by atoms with Gasteiger partial charge >= 0.3 is 0 Å². The van der Waals surface area contributed by atoms with Gasteiger partial charge in [0.2, 0.25) is 11.7 Å². The molecule has 1 N–H and O–H groups in total. The van der Waals surface area contributed by atoms with Crippen molar-refractivity contribution in [2.45, 2.75) is 69.6 Å². The van der Waals surface area contributed by atoms with Crippen molar-refractivity contribution in [3.05, 3.63) is 46.3 Å². The summed E-state index contributed by atoms with van der Waals surface area (Å²) < 4.78 is 15.0. The Labute approximate surface area is 189 Å². The van der Waals surface area contributed by atoms with Crippen LogP contribution in [0.3, 0.4) is 0 Å². The first-order valence-corrected chi connectivity index (χ1v) is 11.4. The van der Waals surface area contributed by atoms with Gasteiger partial charge in [0.15, 0.2) is 0 Å². The molecule has 2 saturated heterocycles. The molecule has 3 aromatic rings. The number of rotatable bonds is 6. The van der Waals surface area contributed by atoms with E-state index in [4.69, 9.17) is 14.5 Å². The van der Waals surface area contributed by atoms with Crippen molar-refractivity contribution in [3.63, 3.8) is 0 Å². The molecule has 0 atom stereocenters. The van der Waals surface area contributed by atoms with Crippen LogP contribution in [0, 0.1) is 0 Å². The smallest absolute Gasteiger partial charge is 0.290 e. The van der Waals surface area contributed by atoms with E-state index in [-0.39, 0.29) is 45.9 Å². The fourth-order valence-corrected chi connectivity index (χ4v) is 5.07. The predicted molar refractivity (Wildman–Crippen MR) is 119 cm³/mol. The second kappa shape index (κ2) is 6.86. The van der Waals surface area contributed by atoms with Crippen LogP contribution in [-0.2, 0) is 10.2 Å². The fourth-order valence-electron chi connectivity index (χ4n) is 5.07. The van der Waals surface area contributed by atoms with Gasteiger partial charge in [-0.05, 0) is 52.5 Å². The summed E-state index contributed by atoms with van der Waals surface area (Å²) in [5.74, 6) is 0.175. The van der Waals surface area contributed by atoms with Gasteiger partial charge in [0, 0.05) is 24.0 Å². The van der Waals surface area contributed by atoms with E-state index in [1.165, 1.54) is 16.9 Å².